The number of piperidine rings is 1. The maximum Gasteiger partial charge on any atom is 0.187 e. The van der Waals surface area contributed by atoms with Crippen molar-refractivity contribution in [2.75, 3.05) is 19.8 Å². The number of hydrogen-bond donors (Lipinski definition) is 9. The molecule has 0 bridgehead atoms. The number of nitrogens with zero attached hydrogens (tertiary/aromatic N) is 1. The summed E-state index contributed by atoms with van der Waals surface area (Å²) in [5.41, 5.74) is 1.72. The Labute approximate surface area is 359 Å². The first-order chi connectivity index (χ1) is 29.0. The Morgan fingerprint density at radius 2 is 1.33 bits per heavy atom. The molecule has 0 aromatic heterocycles. The normalized spacial score (nSPS) is 57.3. The highest BCUT2D eigenvalue weighted by Crippen LogP contribution is 2.70. The van der Waals surface area contributed by atoms with E-state index in [-0.39, 0.29) is 11.5 Å². The summed E-state index contributed by atoms with van der Waals surface area (Å²) in [4.78, 5) is 2.94. The van der Waals surface area contributed by atoms with E-state index < -0.39 is 105 Å². The van der Waals surface area contributed by atoms with Crippen LogP contribution in [0.25, 0.3) is 0 Å². The van der Waals surface area contributed by atoms with E-state index in [1.54, 1.807) is 0 Å². The first-order valence-electron chi connectivity index (χ1n) is 23.4. The average Bonchev–Trinajstić information content (AvgIpc) is 3.71. The molecule has 9 rings (SSSR count). The van der Waals surface area contributed by atoms with Gasteiger partial charge in [0.15, 0.2) is 18.9 Å². The molecule has 5 aliphatic heterocycles. The van der Waals surface area contributed by atoms with Gasteiger partial charge in [0.05, 0.1) is 25.4 Å². The van der Waals surface area contributed by atoms with Crippen LogP contribution in [0.2, 0.25) is 0 Å². The van der Waals surface area contributed by atoms with Crippen molar-refractivity contribution in [3.05, 3.63) is 11.6 Å². The zero-order chi connectivity index (χ0) is 43.4. The van der Waals surface area contributed by atoms with E-state index in [1.165, 1.54) is 51.1 Å². The minimum absolute atomic E-state index is 0.00462. The fourth-order valence-electron chi connectivity index (χ4n) is 14.7. The minimum atomic E-state index is -1.83. The highest BCUT2D eigenvalue weighted by Gasteiger charge is 2.66. The van der Waals surface area contributed by atoms with Crippen LogP contribution in [0.1, 0.15) is 92.4 Å². The molecule has 9 N–H and O–H groups in total. The molecular weight excluding hydrogens is 794 g/mol. The Balaban J connectivity index is 0.952. The van der Waals surface area contributed by atoms with Crippen molar-refractivity contribution in [2.24, 2.45) is 46.3 Å². The first kappa shape index (κ1) is 45.3. The van der Waals surface area contributed by atoms with Gasteiger partial charge in [0.25, 0.3) is 0 Å². The van der Waals surface area contributed by atoms with Gasteiger partial charge in [0, 0.05) is 18.6 Å². The van der Waals surface area contributed by atoms with Crippen LogP contribution in [-0.4, -0.2) is 181 Å². The Kier molecular flexibility index (Phi) is 12.7. The lowest BCUT2D eigenvalue weighted by atomic mass is 9.47. The third-order valence-electron chi connectivity index (χ3n) is 18.0. The van der Waals surface area contributed by atoms with Gasteiger partial charge in [-0.05, 0) is 111 Å². The Hall–Kier alpha value is -0.900. The number of aliphatic hydroxyl groups is 9. The Bertz CT molecular complexity index is 1590. The highest BCUT2D eigenvalue weighted by molar-refractivity contribution is 5.27. The third-order valence-corrected chi connectivity index (χ3v) is 18.0. The largest absolute Gasteiger partial charge is 0.394 e. The first-order valence-corrected chi connectivity index (χ1v) is 23.4. The Morgan fingerprint density at radius 1 is 0.672 bits per heavy atom. The van der Waals surface area contributed by atoms with Gasteiger partial charge >= 0.3 is 0 Å². The van der Waals surface area contributed by atoms with E-state index in [0.29, 0.717) is 42.1 Å². The lowest BCUT2D eigenvalue weighted by molar-refractivity contribution is -0.394. The summed E-state index contributed by atoms with van der Waals surface area (Å²) in [5.74, 6) is 4.15. The molecule has 0 spiro atoms. The quantitative estimate of drug-likeness (QED) is 0.148. The van der Waals surface area contributed by atoms with Crippen molar-refractivity contribution < 1.29 is 74.4 Å². The summed E-state index contributed by atoms with van der Waals surface area (Å²) >= 11 is 0. The number of fused-ring (bicyclic) bond motifs is 9. The molecule has 348 valence electrons. The van der Waals surface area contributed by atoms with Gasteiger partial charge in [-0.15, -0.1) is 0 Å². The number of hydrogen-bond acceptors (Lipinski definition) is 16. The SMILES string of the molecule is C[C@@H]1CC[C@H]2[C@H](C)[C@@H]3[C@@H](C[C@@H]4[C@H]5CC=C6C[C@@H](O[C@H]7O[C@@H](CO)[C@H](O)[C@@H](O[C@@H]8O[C@H](CO)[C@@H](O)[C@H](O)[C@@H]8O)[C@@H]7O[C@@H]7O[C@H](C)[C@@H](O)[C@H](O)[C@@H]7O)CC[C@@]6(C)[C@@H]5CC[C@@]34C)N2C1. The van der Waals surface area contributed by atoms with Crippen LogP contribution < -0.4 is 0 Å². The molecule has 61 heavy (non-hydrogen) atoms. The standard InChI is InChI=1S/C45H73NO15/c1-19-6-9-27-20(2)31-28(46(27)16-19)15-26-24-8-7-22-14-23(10-12-44(22,4)25(24)11-13-45(26,31)5)57-43-40(61-41-37(54)35(52)32(49)21(3)56-41)39(34(51)30(18-48)59-43)60-42-38(55)36(53)33(50)29(17-47)58-42/h7,19-21,23-43,47-55H,6,8-18H2,1-5H3/t19-,20+,21-,23+,24+,25-,26-,27+,28-,29-,30+,31-,32-,33-,34+,35+,36+,37+,38+,39-,40+,41+,42+,43+,44-,45-/m1/s1. The molecule has 0 aromatic carbocycles. The predicted octanol–water partition coefficient (Wildman–Crippen LogP) is 0.155. The van der Waals surface area contributed by atoms with Crippen LogP contribution >= 0.6 is 0 Å². The van der Waals surface area contributed by atoms with E-state index in [1.807, 2.05) is 0 Å². The number of aliphatic hydroxyl groups excluding tert-OH is 9. The molecule has 16 nitrogen and oxygen atoms in total. The zero-order valence-electron chi connectivity index (χ0n) is 36.3. The van der Waals surface area contributed by atoms with Gasteiger partial charge in [-0.1, -0.05) is 39.3 Å². The van der Waals surface area contributed by atoms with Gasteiger partial charge in [-0.2, -0.15) is 0 Å². The minimum Gasteiger partial charge on any atom is -0.394 e. The molecule has 0 aromatic rings. The van der Waals surface area contributed by atoms with Gasteiger partial charge in [0.2, 0.25) is 0 Å². The van der Waals surface area contributed by atoms with Crippen molar-refractivity contribution in [1.82, 2.24) is 4.90 Å². The summed E-state index contributed by atoms with van der Waals surface area (Å²) in [6.07, 6.45) is -11.1. The molecule has 4 aliphatic carbocycles. The van der Waals surface area contributed by atoms with Crippen molar-refractivity contribution >= 4 is 0 Å². The molecule has 0 unspecified atom stereocenters. The molecule has 0 radical (unpaired) electrons. The summed E-state index contributed by atoms with van der Waals surface area (Å²) in [7, 11) is 0. The maximum absolute atomic E-state index is 11.6. The molecule has 16 heteroatoms. The van der Waals surface area contributed by atoms with Gasteiger partial charge in [-0.3, -0.25) is 4.90 Å². The summed E-state index contributed by atoms with van der Waals surface area (Å²) in [6, 6.07) is 1.43. The molecular formula is C45H73NO15. The van der Waals surface area contributed by atoms with Crippen molar-refractivity contribution in [1.29, 1.82) is 0 Å². The van der Waals surface area contributed by atoms with Gasteiger partial charge < -0.3 is 74.4 Å². The fraction of sp³-hybridized carbons (Fsp3) is 0.956. The van der Waals surface area contributed by atoms with Crippen LogP contribution in [0.15, 0.2) is 11.6 Å². The molecule has 9 aliphatic rings. The smallest absolute Gasteiger partial charge is 0.187 e. The summed E-state index contributed by atoms with van der Waals surface area (Å²) < 4.78 is 36.8. The molecule has 26 atom stereocenters. The molecule has 8 fully saturated rings. The van der Waals surface area contributed by atoms with Crippen LogP contribution in [-0.2, 0) is 28.4 Å². The zero-order valence-corrected chi connectivity index (χ0v) is 36.3. The second-order valence-corrected chi connectivity index (χ2v) is 21.2. The lowest BCUT2D eigenvalue weighted by Gasteiger charge is -2.58. The second kappa shape index (κ2) is 17.1. The monoisotopic (exact) mass is 867 g/mol. The van der Waals surface area contributed by atoms with Crippen LogP contribution in [0.3, 0.4) is 0 Å². The van der Waals surface area contributed by atoms with Crippen LogP contribution in [0.5, 0.6) is 0 Å². The predicted molar refractivity (Wildman–Crippen MR) is 215 cm³/mol. The topological polar surface area (TPSA) is 241 Å². The van der Waals surface area contributed by atoms with Crippen LogP contribution in [0, 0.1) is 46.3 Å². The van der Waals surface area contributed by atoms with Crippen molar-refractivity contribution in [2.45, 2.75) is 203 Å². The van der Waals surface area contributed by atoms with E-state index in [9.17, 15) is 46.0 Å². The van der Waals surface area contributed by atoms with E-state index in [0.717, 1.165) is 36.6 Å². The summed E-state index contributed by atoms with van der Waals surface area (Å²) in [5, 5.41) is 95.8. The number of allylic oxidation sites excluding steroid dienone is 1. The third kappa shape index (κ3) is 7.42. The van der Waals surface area contributed by atoms with Crippen LogP contribution in [0.4, 0.5) is 0 Å². The van der Waals surface area contributed by atoms with Gasteiger partial charge in [-0.25, -0.2) is 0 Å². The van der Waals surface area contributed by atoms with Gasteiger partial charge in [0.1, 0.15) is 67.1 Å². The molecule has 5 saturated heterocycles. The molecule has 5 heterocycles. The van der Waals surface area contributed by atoms with E-state index in [4.69, 9.17) is 28.4 Å². The van der Waals surface area contributed by atoms with E-state index >= 15 is 0 Å². The maximum atomic E-state index is 11.6. The van der Waals surface area contributed by atoms with E-state index in [2.05, 4.69) is 38.7 Å². The number of ether oxygens (including phenoxy) is 6. The number of rotatable bonds is 8. The average molecular weight is 868 g/mol. The summed E-state index contributed by atoms with van der Waals surface area (Å²) in [6.45, 7) is 11.4. The van der Waals surface area contributed by atoms with Crippen molar-refractivity contribution in [3.63, 3.8) is 0 Å². The second-order valence-electron chi connectivity index (χ2n) is 21.2. The lowest BCUT2D eigenvalue weighted by Crippen LogP contribution is -2.67. The van der Waals surface area contributed by atoms with Crippen molar-refractivity contribution in [3.8, 4) is 0 Å². The highest BCUT2D eigenvalue weighted by atomic mass is 16.8. The molecule has 3 saturated carbocycles. The Morgan fingerprint density at radius 3 is 2.05 bits per heavy atom. The molecule has 0 amide bonds. The fourth-order valence-corrected chi connectivity index (χ4v) is 14.7.